The van der Waals surface area contributed by atoms with E-state index in [4.69, 9.17) is 4.52 Å². The number of rotatable bonds is 6. The second kappa shape index (κ2) is 10.8. The fourth-order valence-electron chi connectivity index (χ4n) is 5.76. The van der Waals surface area contributed by atoms with Crippen LogP contribution in [0.3, 0.4) is 0 Å². The quantitative estimate of drug-likeness (QED) is 0.221. The number of phenols is 1. The number of phosphoric ester groups is 1. The molecule has 0 saturated heterocycles. The van der Waals surface area contributed by atoms with Crippen molar-refractivity contribution in [1.29, 1.82) is 0 Å². The first kappa shape index (κ1) is 34.3. The first-order chi connectivity index (χ1) is 18.1. The molecule has 2 rings (SSSR count). The maximum atomic E-state index is 12.9. The molecule has 0 spiro atoms. The second-order valence-electron chi connectivity index (χ2n) is 14.7. The van der Waals surface area contributed by atoms with Crippen molar-refractivity contribution in [3.63, 3.8) is 0 Å². The number of carboxylic acid groups (broad SMARTS) is 2. The molecule has 0 heterocycles. The molecule has 0 atom stereocenters. The van der Waals surface area contributed by atoms with Crippen molar-refractivity contribution in [3.05, 3.63) is 56.6 Å². The highest BCUT2D eigenvalue weighted by molar-refractivity contribution is 7.46. The number of benzene rings is 2. The van der Waals surface area contributed by atoms with Crippen molar-refractivity contribution in [2.75, 3.05) is 0 Å². The monoisotopic (exact) mass is 592 g/mol. The Bertz CT molecular complexity index is 1420. The van der Waals surface area contributed by atoms with Crippen LogP contribution >= 0.6 is 7.82 Å². The fourth-order valence-corrected chi connectivity index (χ4v) is 6.16. The van der Waals surface area contributed by atoms with Gasteiger partial charge < -0.3 is 19.8 Å². The third kappa shape index (κ3) is 7.51. The normalized spacial score (nSPS) is 13.3. The molecule has 0 saturated carbocycles. The van der Waals surface area contributed by atoms with Crippen LogP contribution < -0.4 is 4.52 Å². The van der Waals surface area contributed by atoms with Gasteiger partial charge in [0.25, 0.3) is 0 Å². The van der Waals surface area contributed by atoms with E-state index in [1.165, 1.54) is 12.1 Å². The van der Waals surface area contributed by atoms with Gasteiger partial charge >= 0.3 is 19.8 Å². The Kier molecular flexibility index (Phi) is 9.01. The second-order valence-corrected chi connectivity index (χ2v) is 15.9. The average molecular weight is 593 g/mol. The summed E-state index contributed by atoms with van der Waals surface area (Å²) in [7, 11) is -5.09. The van der Waals surface area contributed by atoms with E-state index in [9.17, 15) is 39.3 Å². The maximum Gasteiger partial charge on any atom is 0.524 e. The molecule has 0 amide bonds. The van der Waals surface area contributed by atoms with Crippen molar-refractivity contribution < 1.29 is 43.8 Å². The lowest BCUT2D eigenvalue weighted by Gasteiger charge is -2.34. The van der Waals surface area contributed by atoms with Gasteiger partial charge in [0.1, 0.15) is 11.5 Å². The van der Waals surface area contributed by atoms with Crippen LogP contribution in [-0.2, 0) is 32.6 Å². The molecule has 9 nitrogen and oxygen atoms in total. The Labute approximate surface area is 242 Å². The van der Waals surface area contributed by atoms with E-state index in [0.29, 0.717) is 22.3 Å². The molecule has 41 heavy (non-hydrogen) atoms. The van der Waals surface area contributed by atoms with Crippen molar-refractivity contribution in [2.24, 2.45) is 0 Å². The first-order valence-corrected chi connectivity index (χ1v) is 14.9. The number of aromatic hydroxyl groups is 1. The minimum Gasteiger partial charge on any atom is -0.508 e. The lowest BCUT2D eigenvalue weighted by Crippen LogP contribution is -2.28. The molecule has 0 bridgehead atoms. The minimum atomic E-state index is -5.09. The lowest BCUT2D eigenvalue weighted by atomic mass is 9.70. The van der Waals surface area contributed by atoms with Gasteiger partial charge in [-0.25, -0.2) is 14.2 Å². The summed E-state index contributed by atoms with van der Waals surface area (Å²) in [6.45, 7) is 21.7. The Hall–Kier alpha value is -2.87. The van der Waals surface area contributed by atoms with E-state index in [-0.39, 0.29) is 40.2 Å². The van der Waals surface area contributed by atoms with Crippen LogP contribution in [0.2, 0.25) is 0 Å². The van der Waals surface area contributed by atoms with Gasteiger partial charge in [-0.1, -0.05) is 83.1 Å². The van der Waals surface area contributed by atoms with Crippen molar-refractivity contribution in [1.82, 2.24) is 0 Å². The highest BCUT2D eigenvalue weighted by Gasteiger charge is 2.38. The standard InChI is InChI=1S/C31H45O9P/c1-28(2,3)22-16(14-18(32)24(30(7,8)9)20(22)26(33)34)13-17-15-19(40-41(37,38)39)25(31(10,11)12)21(27(35)36)23(17)29(4,5)6/h14-15,32H,13H2,1-12H3,(H,33,34)(H,35,36)(H2,37,38,39). The minimum absolute atomic E-state index is 0.0197. The van der Waals surface area contributed by atoms with Gasteiger partial charge in [-0.3, -0.25) is 9.79 Å². The number of carboxylic acids is 2. The van der Waals surface area contributed by atoms with E-state index >= 15 is 0 Å². The van der Waals surface area contributed by atoms with Gasteiger partial charge in [-0.15, -0.1) is 0 Å². The Morgan fingerprint density at radius 3 is 1.32 bits per heavy atom. The number of phenolic OH excluding ortho intramolecular Hbond substituents is 1. The molecule has 10 heteroatoms. The summed E-state index contributed by atoms with van der Waals surface area (Å²) < 4.78 is 17.1. The van der Waals surface area contributed by atoms with Crippen LogP contribution in [0.5, 0.6) is 11.5 Å². The van der Waals surface area contributed by atoms with Crippen LogP contribution in [0, 0.1) is 0 Å². The Morgan fingerprint density at radius 2 is 1.00 bits per heavy atom. The van der Waals surface area contributed by atoms with E-state index in [2.05, 4.69) is 0 Å². The molecule has 0 aliphatic carbocycles. The van der Waals surface area contributed by atoms with Crippen LogP contribution in [0.25, 0.3) is 0 Å². The van der Waals surface area contributed by atoms with Crippen LogP contribution in [0.4, 0.5) is 0 Å². The summed E-state index contributed by atoms with van der Waals surface area (Å²) in [4.78, 5) is 45.1. The van der Waals surface area contributed by atoms with Crippen molar-refractivity contribution >= 4 is 19.8 Å². The molecule has 2 aromatic rings. The molecule has 0 radical (unpaired) electrons. The van der Waals surface area contributed by atoms with E-state index < -0.39 is 41.4 Å². The summed E-state index contributed by atoms with van der Waals surface area (Å²) in [5, 5.41) is 32.1. The molecule has 0 unspecified atom stereocenters. The predicted molar refractivity (Wildman–Crippen MR) is 159 cm³/mol. The molecule has 0 fully saturated rings. The summed E-state index contributed by atoms with van der Waals surface area (Å²) in [5.74, 6) is -2.96. The van der Waals surface area contributed by atoms with Gasteiger partial charge in [0.05, 0.1) is 11.1 Å². The molecule has 0 aliphatic heterocycles. The average Bonchev–Trinajstić information content (AvgIpc) is 2.67. The van der Waals surface area contributed by atoms with Crippen molar-refractivity contribution in [2.45, 2.75) is 111 Å². The van der Waals surface area contributed by atoms with Gasteiger partial charge in [0, 0.05) is 11.1 Å². The molecule has 228 valence electrons. The molecule has 0 aromatic heterocycles. The van der Waals surface area contributed by atoms with E-state index in [1.54, 1.807) is 20.8 Å². The largest absolute Gasteiger partial charge is 0.524 e. The number of aromatic carboxylic acids is 2. The van der Waals surface area contributed by atoms with E-state index in [0.717, 1.165) is 0 Å². The number of phosphoric acid groups is 1. The number of carbonyl (C=O) groups is 2. The Balaban J connectivity index is 3.23. The highest BCUT2D eigenvalue weighted by Crippen LogP contribution is 2.49. The molecule has 5 N–H and O–H groups in total. The van der Waals surface area contributed by atoms with Crippen LogP contribution in [0.15, 0.2) is 12.1 Å². The number of hydrogen-bond acceptors (Lipinski definition) is 5. The highest BCUT2D eigenvalue weighted by atomic mass is 31.2. The zero-order valence-corrected chi connectivity index (χ0v) is 27.1. The number of hydrogen-bond donors (Lipinski definition) is 5. The Morgan fingerprint density at radius 1 is 0.659 bits per heavy atom. The molecule has 0 aliphatic rings. The first-order valence-electron chi connectivity index (χ1n) is 13.4. The van der Waals surface area contributed by atoms with Gasteiger partial charge in [0.2, 0.25) is 0 Å². The van der Waals surface area contributed by atoms with Crippen molar-refractivity contribution in [3.8, 4) is 11.5 Å². The summed E-state index contributed by atoms with van der Waals surface area (Å²) in [6.07, 6.45) is -0.0281. The third-order valence-corrected chi connectivity index (χ3v) is 7.22. The summed E-state index contributed by atoms with van der Waals surface area (Å²) >= 11 is 0. The maximum absolute atomic E-state index is 12.9. The zero-order chi connectivity index (χ0) is 32.3. The SMILES string of the molecule is CC(C)(C)c1c(O)cc(Cc2cc(OP(=O)(O)O)c(C(C)(C)C)c(C(=O)O)c2C(C)(C)C)c(C(C)(C)C)c1C(=O)O. The topological polar surface area (TPSA) is 162 Å². The molecular weight excluding hydrogens is 547 g/mol. The molecule has 2 aromatic carbocycles. The van der Waals surface area contributed by atoms with Gasteiger partial charge in [0.15, 0.2) is 0 Å². The van der Waals surface area contributed by atoms with Crippen LogP contribution in [0.1, 0.15) is 137 Å². The predicted octanol–water partition coefficient (Wildman–Crippen LogP) is 7.04. The smallest absolute Gasteiger partial charge is 0.508 e. The van der Waals surface area contributed by atoms with Crippen LogP contribution in [-0.4, -0.2) is 37.0 Å². The van der Waals surface area contributed by atoms with E-state index in [1.807, 2.05) is 62.3 Å². The summed E-state index contributed by atoms with van der Waals surface area (Å²) in [5.41, 5.74) is -1.04. The van der Waals surface area contributed by atoms with Gasteiger partial charge in [-0.05, 0) is 62.5 Å². The zero-order valence-electron chi connectivity index (χ0n) is 26.2. The fraction of sp³-hybridized carbons (Fsp3) is 0.548. The van der Waals surface area contributed by atoms with Gasteiger partial charge in [-0.2, -0.15) is 0 Å². The third-order valence-electron chi connectivity index (χ3n) is 6.79. The molecular formula is C31H45O9P. The lowest BCUT2D eigenvalue weighted by molar-refractivity contribution is 0.0680. The summed E-state index contributed by atoms with van der Waals surface area (Å²) in [6, 6.07) is 2.95.